The number of benzene rings is 2. The second kappa shape index (κ2) is 7.77. The smallest absolute Gasteiger partial charge is 0.229 e. The summed E-state index contributed by atoms with van der Waals surface area (Å²) in [6.45, 7) is 2.06. The maximum absolute atomic E-state index is 12.6. The highest BCUT2D eigenvalue weighted by molar-refractivity contribution is 9.10. The van der Waals surface area contributed by atoms with Gasteiger partial charge in [0.25, 0.3) is 0 Å². The molecule has 1 N–H and O–H groups in total. The lowest BCUT2D eigenvalue weighted by molar-refractivity contribution is -0.122. The van der Waals surface area contributed by atoms with E-state index >= 15 is 0 Å². The van der Waals surface area contributed by atoms with Gasteiger partial charge in [-0.15, -0.1) is 0 Å². The number of anilines is 2. The minimum absolute atomic E-state index is 0.109. The Morgan fingerprint density at radius 2 is 1.92 bits per heavy atom. The van der Waals surface area contributed by atoms with Crippen LogP contribution in [0.5, 0.6) is 0 Å². The van der Waals surface area contributed by atoms with Gasteiger partial charge in [0, 0.05) is 23.1 Å². The maximum atomic E-state index is 12.6. The molecule has 0 aromatic heterocycles. The molecule has 2 aromatic rings. The maximum Gasteiger partial charge on any atom is 0.229 e. The number of hydrogen-bond donors (Lipinski definition) is 1. The fraction of sp³-hybridized carbons (Fsp3) is 0.222. The van der Waals surface area contributed by atoms with Crippen LogP contribution in [-0.2, 0) is 9.59 Å². The van der Waals surface area contributed by atoms with Gasteiger partial charge in [-0.25, -0.2) is 0 Å². The summed E-state index contributed by atoms with van der Waals surface area (Å²) in [5, 5.41) is 4.07. The van der Waals surface area contributed by atoms with Crippen molar-refractivity contribution >= 4 is 73.9 Å². The van der Waals surface area contributed by atoms with Gasteiger partial charge in [0.05, 0.1) is 26.7 Å². The lowest BCUT2D eigenvalue weighted by Gasteiger charge is -2.19. The summed E-state index contributed by atoms with van der Waals surface area (Å²) in [5.41, 5.74) is 1.89. The monoisotopic (exact) mass is 474 g/mol. The number of nitrogens with one attached hydrogen (secondary N) is 1. The van der Waals surface area contributed by atoms with Crippen LogP contribution in [0.1, 0.15) is 12.0 Å². The summed E-state index contributed by atoms with van der Waals surface area (Å²) in [5.74, 6) is -0.889. The molecule has 26 heavy (non-hydrogen) atoms. The molecule has 1 aliphatic heterocycles. The van der Waals surface area contributed by atoms with Gasteiger partial charge < -0.3 is 10.2 Å². The van der Waals surface area contributed by atoms with Gasteiger partial charge in [0.1, 0.15) is 0 Å². The second-order valence-corrected chi connectivity index (χ2v) is 8.02. The predicted molar refractivity (Wildman–Crippen MR) is 109 cm³/mol. The van der Waals surface area contributed by atoms with E-state index in [9.17, 15) is 9.59 Å². The molecule has 2 amide bonds. The van der Waals surface area contributed by atoms with Crippen molar-refractivity contribution in [3.8, 4) is 0 Å². The van der Waals surface area contributed by atoms with Gasteiger partial charge in [-0.05, 0) is 52.7 Å². The zero-order valence-corrected chi connectivity index (χ0v) is 17.5. The summed E-state index contributed by atoms with van der Waals surface area (Å²) in [6, 6.07) is 8.62. The van der Waals surface area contributed by atoms with E-state index in [0.29, 0.717) is 26.4 Å². The minimum Gasteiger partial charge on any atom is -0.325 e. The molecule has 1 heterocycles. The summed E-state index contributed by atoms with van der Waals surface area (Å²) in [7, 11) is 0. The first kappa shape index (κ1) is 19.5. The van der Waals surface area contributed by atoms with Crippen molar-refractivity contribution in [2.24, 2.45) is 5.92 Å². The van der Waals surface area contributed by atoms with E-state index < -0.39 is 5.92 Å². The van der Waals surface area contributed by atoms with Gasteiger partial charge >= 0.3 is 0 Å². The molecule has 0 aliphatic carbocycles. The van der Waals surface area contributed by atoms with Crippen molar-refractivity contribution < 1.29 is 9.59 Å². The first-order valence-electron chi connectivity index (χ1n) is 7.79. The van der Waals surface area contributed by atoms with Crippen molar-refractivity contribution in [3.63, 3.8) is 0 Å². The molecule has 8 heteroatoms. The van der Waals surface area contributed by atoms with Crippen LogP contribution in [0.4, 0.5) is 11.4 Å². The number of carbonyl (C=O) groups excluding carboxylic acids is 2. The van der Waals surface area contributed by atoms with Crippen LogP contribution in [0, 0.1) is 12.8 Å². The minimum atomic E-state index is -0.487. The Labute approximate surface area is 174 Å². The Bertz CT molecular complexity index is 904. The number of hydrogen-bond acceptors (Lipinski definition) is 2. The van der Waals surface area contributed by atoms with Crippen LogP contribution in [0.3, 0.4) is 0 Å². The van der Waals surface area contributed by atoms with E-state index in [1.54, 1.807) is 30.3 Å². The van der Waals surface area contributed by atoms with Crippen molar-refractivity contribution in [1.82, 2.24) is 0 Å². The molecule has 0 spiro atoms. The average Bonchev–Trinajstić information content (AvgIpc) is 2.99. The Balaban J connectivity index is 1.77. The van der Waals surface area contributed by atoms with Gasteiger partial charge in [0.2, 0.25) is 11.8 Å². The number of rotatable bonds is 3. The van der Waals surface area contributed by atoms with E-state index in [0.717, 1.165) is 10.0 Å². The van der Waals surface area contributed by atoms with Gasteiger partial charge in [0.15, 0.2) is 0 Å². The summed E-state index contributed by atoms with van der Waals surface area (Å²) in [4.78, 5) is 26.5. The molecule has 136 valence electrons. The van der Waals surface area contributed by atoms with E-state index in [1.165, 1.54) is 4.90 Å². The van der Waals surface area contributed by atoms with E-state index in [2.05, 4.69) is 21.2 Å². The first-order chi connectivity index (χ1) is 12.3. The second-order valence-electron chi connectivity index (χ2n) is 6.00. The Morgan fingerprint density at radius 1 is 1.19 bits per heavy atom. The third-order valence-electron chi connectivity index (χ3n) is 4.31. The fourth-order valence-electron chi connectivity index (χ4n) is 2.84. The molecule has 0 unspecified atom stereocenters. The van der Waals surface area contributed by atoms with Crippen molar-refractivity contribution in [2.45, 2.75) is 13.3 Å². The highest BCUT2D eigenvalue weighted by Crippen LogP contribution is 2.36. The summed E-state index contributed by atoms with van der Waals surface area (Å²) in [6.07, 6.45) is 0.109. The van der Waals surface area contributed by atoms with Crippen LogP contribution < -0.4 is 10.2 Å². The van der Waals surface area contributed by atoms with E-state index in [4.69, 9.17) is 34.8 Å². The molecule has 4 nitrogen and oxygen atoms in total. The van der Waals surface area contributed by atoms with Crippen LogP contribution in [0.25, 0.3) is 0 Å². The van der Waals surface area contributed by atoms with Crippen LogP contribution in [0.2, 0.25) is 15.1 Å². The summed E-state index contributed by atoms with van der Waals surface area (Å²) >= 11 is 21.8. The summed E-state index contributed by atoms with van der Waals surface area (Å²) < 4.78 is 0.757. The number of nitrogens with zero attached hydrogens (tertiary/aromatic N) is 1. The standard InChI is InChI=1S/C18H14BrCl3N2O2/c1-9-13(6-5-11(19)16(9)21)23-18(26)10-7-15(25)24(8-10)14-4-2-3-12(20)17(14)22/h2-6,10H,7-8H2,1H3,(H,23,26)/t10-/m0/s1. The Morgan fingerprint density at radius 3 is 2.65 bits per heavy atom. The lowest BCUT2D eigenvalue weighted by Crippen LogP contribution is -2.28. The molecule has 1 fully saturated rings. The van der Waals surface area contributed by atoms with Crippen molar-refractivity contribution in [2.75, 3.05) is 16.8 Å². The molecule has 2 aromatic carbocycles. The molecule has 0 saturated carbocycles. The lowest BCUT2D eigenvalue weighted by atomic mass is 10.1. The molecular formula is C18H14BrCl3N2O2. The zero-order valence-electron chi connectivity index (χ0n) is 13.7. The van der Waals surface area contributed by atoms with Gasteiger partial charge in [-0.1, -0.05) is 40.9 Å². The average molecular weight is 477 g/mol. The predicted octanol–water partition coefficient (Wildman–Crippen LogP) is 5.71. The van der Waals surface area contributed by atoms with Crippen LogP contribution in [-0.4, -0.2) is 18.4 Å². The Hall–Kier alpha value is -1.27. The molecule has 3 rings (SSSR count). The largest absolute Gasteiger partial charge is 0.325 e. The number of amides is 2. The zero-order chi connectivity index (χ0) is 19.0. The topological polar surface area (TPSA) is 49.4 Å². The number of halogens is 4. The van der Waals surface area contributed by atoms with Gasteiger partial charge in [-0.2, -0.15) is 0 Å². The third-order valence-corrected chi connectivity index (χ3v) is 6.50. The van der Waals surface area contributed by atoms with E-state index in [-0.39, 0.29) is 24.8 Å². The first-order valence-corrected chi connectivity index (χ1v) is 9.72. The van der Waals surface area contributed by atoms with E-state index in [1.807, 2.05) is 6.92 Å². The molecular weight excluding hydrogens is 462 g/mol. The van der Waals surface area contributed by atoms with Crippen molar-refractivity contribution in [3.05, 3.63) is 55.4 Å². The molecule has 1 saturated heterocycles. The normalized spacial score (nSPS) is 16.9. The fourth-order valence-corrected chi connectivity index (χ4v) is 3.83. The SMILES string of the molecule is Cc1c(NC(=O)[C@H]2CC(=O)N(c3cccc(Cl)c3Cl)C2)ccc(Br)c1Cl. The highest BCUT2D eigenvalue weighted by Gasteiger charge is 2.36. The molecule has 1 aliphatic rings. The number of carbonyl (C=O) groups is 2. The molecule has 0 radical (unpaired) electrons. The molecule has 0 bridgehead atoms. The van der Waals surface area contributed by atoms with Crippen LogP contribution >= 0.6 is 50.7 Å². The van der Waals surface area contributed by atoms with Crippen LogP contribution in [0.15, 0.2) is 34.8 Å². The quantitative estimate of drug-likeness (QED) is 0.617. The third kappa shape index (κ3) is 3.72. The van der Waals surface area contributed by atoms with Crippen molar-refractivity contribution in [1.29, 1.82) is 0 Å². The Kier molecular flexibility index (Phi) is 5.82. The van der Waals surface area contributed by atoms with Gasteiger partial charge in [-0.3, -0.25) is 9.59 Å². The molecule has 1 atom stereocenters. The highest BCUT2D eigenvalue weighted by atomic mass is 79.9.